The van der Waals surface area contributed by atoms with Crippen LogP contribution < -0.4 is 20.1 Å². The molecule has 0 spiro atoms. The Morgan fingerprint density at radius 3 is 2.20 bits per heavy atom. The lowest BCUT2D eigenvalue weighted by Crippen LogP contribution is -2.26. The van der Waals surface area contributed by atoms with Crippen LogP contribution in [0.4, 0.5) is 23.1 Å². The van der Waals surface area contributed by atoms with Crippen molar-refractivity contribution in [2.24, 2.45) is 0 Å². The van der Waals surface area contributed by atoms with E-state index in [1.54, 1.807) is 18.3 Å². The van der Waals surface area contributed by atoms with Gasteiger partial charge >= 0.3 is 0 Å². The maximum atomic E-state index is 12.8. The first kappa shape index (κ1) is 27.7. The van der Waals surface area contributed by atoms with Crippen LogP contribution in [0, 0.1) is 6.92 Å². The van der Waals surface area contributed by atoms with Crippen LogP contribution in [0.3, 0.4) is 0 Å². The van der Waals surface area contributed by atoms with Crippen molar-refractivity contribution >= 4 is 43.2 Å². The Morgan fingerprint density at radius 2 is 1.48 bits per heavy atom. The van der Waals surface area contributed by atoms with Gasteiger partial charge in [-0.1, -0.05) is 48.5 Å². The van der Waals surface area contributed by atoms with Crippen molar-refractivity contribution in [1.82, 2.24) is 19.4 Å². The van der Waals surface area contributed by atoms with Gasteiger partial charge in [-0.3, -0.25) is 0 Å². The normalized spacial score (nSPS) is 13.6. The molecular formula is C28H30N6O4S2. The van der Waals surface area contributed by atoms with Gasteiger partial charge in [0.25, 0.3) is 0 Å². The summed E-state index contributed by atoms with van der Waals surface area (Å²) in [6.45, 7) is 2.31. The first-order valence-corrected chi connectivity index (χ1v) is 15.8. The van der Waals surface area contributed by atoms with Gasteiger partial charge in [0.2, 0.25) is 26.0 Å². The van der Waals surface area contributed by atoms with E-state index < -0.39 is 20.0 Å². The molecule has 1 saturated carbocycles. The number of hydrogen-bond donors (Lipinski definition) is 4. The lowest BCUT2D eigenvalue weighted by atomic mass is 10.2. The summed E-state index contributed by atoms with van der Waals surface area (Å²) in [4.78, 5) is 9.01. The zero-order chi connectivity index (χ0) is 28.2. The first-order chi connectivity index (χ1) is 19.2. The molecule has 1 fully saturated rings. The second kappa shape index (κ2) is 11.7. The van der Waals surface area contributed by atoms with Crippen molar-refractivity contribution in [3.8, 4) is 0 Å². The molecule has 40 heavy (non-hydrogen) atoms. The molecule has 0 atom stereocenters. The fourth-order valence-electron chi connectivity index (χ4n) is 3.88. The molecule has 0 radical (unpaired) electrons. The average Bonchev–Trinajstić information content (AvgIpc) is 3.81. The van der Waals surface area contributed by atoms with E-state index in [-0.39, 0.29) is 23.2 Å². The van der Waals surface area contributed by atoms with Crippen molar-refractivity contribution in [2.45, 2.75) is 43.0 Å². The van der Waals surface area contributed by atoms with Gasteiger partial charge in [-0.15, -0.1) is 0 Å². The van der Waals surface area contributed by atoms with Crippen LogP contribution in [0.25, 0.3) is 0 Å². The highest BCUT2D eigenvalue weighted by molar-refractivity contribution is 7.90. The molecule has 1 heterocycles. The zero-order valence-electron chi connectivity index (χ0n) is 21.8. The van der Waals surface area contributed by atoms with Gasteiger partial charge in [0, 0.05) is 36.2 Å². The van der Waals surface area contributed by atoms with E-state index in [1.165, 1.54) is 12.1 Å². The molecule has 4 N–H and O–H groups in total. The van der Waals surface area contributed by atoms with E-state index in [2.05, 4.69) is 30.0 Å². The molecule has 0 bridgehead atoms. The minimum Gasteiger partial charge on any atom is -0.340 e. The van der Waals surface area contributed by atoms with Gasteiger partial charge in [-0.25, -0.2) is 31.3 Å². The Bertz CT molecular complexity index is 1690. The number of benzene rings is 3. The topological polar surface area (TPSA) is 142 Å². The number of nitrogens with zero attached hydrogens (tertiary/aromatic N) is 2. The molecular weight excluding hydrogens is 548 g/mol. The maximum absolute atomic E-state index is 12.8. The summed E-state index contributed by atoms with van der Waals surface area (Å²) in [7, 11) is -6.96. The highest BCUT2D eigenvalue weighted by Crippen LogP contribution is 2.28. The van der Waals surface area contributed by atoms with Crippen LogP contribution in [0.1, 0.15) is 29.5 Å². The van der Waals surface area contributed by atoms with Crippen LogP contribution in [-0.4, -0.2) is 32.1 Å². The molecule has 4 aromatic rings. The van der Waals surface area contributed by atoms with Crippen molar-refractivity contribution < 1.29 is 16.8 Å². The van der Waals surface area contributed by atoms with E-state index in [0.29, 0.717) is 17.5 Å². The number of anilines is 4. The van der Waals surface area contributed by atoms with E-state index in [1.807, 2.05) is 61.5 Å². The molecule has 1 aliphatic carbocycles. The average molecular weight is 579 g/mol. The molecule has 1 aromatic heterocycles. The number of aryl methyl sites for hydroxylation is 1. The van der Waals surface area contributed by atoms with Crippen LogP contribution in [0.5, 0.6) is 0 Å². The molecule has 3 aromatic carbocycles. The standard InChI is InChI=1S/C28H30N6O4S2/c1-20-17-29-28(33-24-8-5-9-26(16-24)40(37,38)31-18-21-6-3-2-4-7-21)34-27(20)32-23-12-10-22(11-13-23)19-30-39(35,36)25-14-15-25/h2-13,16-17,25,30-31H,14-15,18-19H2,1H3,(H2,29,32,33,34). The SMILES string of the molecule is Cc1cnc(Nc2cccc(S(=O)(=O)NCc3ccccc3)c2)nc1Nc1ccc(CNS(=O)(=O)C2CC2)cc1. The Labute approximate surface area is 234 Å². The lowest BCUT2D eigenvalue weighted by Gasteiger charge is -2.13. The molecule has 0 unspecified atom stereocenters. The molecule has 208 valence electrons. The molecule has 10 nitrogen and oxygen atoms in total. The molecule has 0 aliphatic heterocycles. The predicted molar refractivity (Wildman–Crippen MR) is 155 cm³/mol. The van der Waals surface area contributed by atoms with Gasteiger partial charge in [0.05, 0.1) is 10.1 Å². The quantitative estimate of drug-likeness (QED) is 0.195. The van der Waals surface area contributed by atoms with Gasteiger partial charge in [-0.05, 0) is 61.2 Å². The lowest BCUT2D eigenvalue weighted by molar-refractivity contribution is 0.579. The number of hydrogen-bond acceptors (Lipinski definition) is 8. The summed E-state index contributed by atoms with van der Waals surface area (Å²) in [6, 6.07) is 23.2. The maximum Gasteiger partial charge on any atom is 0.240 e. The second-order valence-electron chi connectivity index (χ2n) is 9.58. The van der Waals surface area contributed by atoms with Crippen molar-refractivity contribution in [3.05, 3.63) is 102 Å². The number of nitrogens with one attached hydrogen (secondary N) is 4. The number of sulfonamides is 2. The second-order valence-corrected chi connectivity index (χ2v) is 13.4. The highest BCUT2D eigenvalue weighted by atomic mass is 32.2. The summed E-state index contributed by atoms with van der Waals surface area (Å²) in [5, 5.41) is 6.09. The Kier molecular flexibility index (Phi) is 8.12. The fourth-order valence-corrected chi connectivity index (χ4v) is 6.30. The van der Waals surface area contributed by atoms with E-state index in [9.17, 15) is 16.8 Å². The van der Waals surface area contributed by atoms with E-state index >= 15 is 0 Å². The Hall–Kier alpha value is -3.84. The summed E-state index contributed by atoms with van der Waals surface area (Å²) in [6.07, 6.45) is 3.12. The van der Waals surface area contributed by atoms with Crippen LogP contribution >= 0.6 is 0 Å². The summed E-state index contributed by atoms with van der Waals surface area (Å²) in [5.74, 6) is 0.874. The smallest absolute Gasteiger partial charge is 0.240 e. The monoisotopic (exact) mass is 578 g/mol. The van der Waals surface area contributed by atoms with Crippen molar-refractivity contribution in [3.63, 3.8) is 0 Å². The van der Waals surface area contributed by atoms with Crippen LogP contribution in [0.2, 0.25) is 0 Å². The molecule has 5 rings (SSSR count). The molecule has 0 amide bonds. The third-order valence-electron chi connectivity index (χ3n) is 6.34. The van der Waals surface area contributed by atoms with Gasteiger partial charge in [-0.2, -0.15) is 4.98 Å². The zero-order valence-corrected chi connectivity index (χ0v) is 23.5. The van der Waals surface area contributed by atoms with E-state index in [0.717, 1.165) is 35.2 Å². The Morgan fingerprint density at radius 1 is 0.775 bits per heavy atom. The minimum absolute atomic E-state index is 0.124. The third kappa shape index (κ3) is 7.21. The summed E-state index contributed by atoms with van der Waals surface area (Å²) < 4.78 is 55.1. The van der Waals surface area contributed by atoms with Crippen LogP contribution in [0.15, 0.2) is 90.0 Å². The highest BCUT2D eigenvalue weighted by Gasteiger charge is 2.35. The van der Waals surface area contributed by atoms with Gasteiger partial charge in [0.15, 0.2) is 0 Å². The molecule has 0 saturated heterocycles. The van der Waals surface area contributed by atoms with Crippen LogP contribution in [-0.2, 0) is 33.1 Å². The summed E-state index contributed by atoms with van der Waals surface area (Å²) in [5.41, 5.74) is 3.83. The Balaban J connectivity index is 1.23. The van der Waals surface area contributed by atoms with Crippen molar-refractivity contribution in [2.75, 3.05) is 10.6 Å². The molecule has 1 aliphatic rings. The predicted octanol–water partition coefficient (Wildman–Crippen LogP) is 4.33. The fraction of sp³-hybridized carbons (Fsp3) is 0.214. The first-order valence-electron chi connectivity index (χ1n) is 12.8. The van der Waals surface area contributed by atoms with Crippen molar-refractivity contribution in [1.29, 1.82) is 0 Å². The summed E-state index contributed by atoms with van der Waals surface area (Å²) >= 11 is 0. The van der Waals surface area contributed by atoms with E-state index in [4.69, 9.17) is 0 Å². The van der Waals surface area contributed by atoms with Gasteiger partial charge < -0.3 is 10.6 Å². The largest absolute Gasteiger partial charge is 0.340 e. The number of aromatic nitrogens is 2. The third-order valence-corrected chi connectivity index (χ3v) is 9.63. The van der Waals surface area contributed by atoms with Gasteiger partial charge in [0.1, 0.15) is 5.82 Å². The molecule has 12 heteroatoms. The minimum atomic E-state index is -3.73. The number of rotatable bonds is 12.